The Hall–Kier alpha value is -2.36. The van der Waals surface area contributed by atoms with E-state index in [1.807, 2.05) is 32.0 Å². The fraction of sp³-hybridized carbons (Fsp3) is 0.143. The number of hydrogen-bond acceptors (Lipinski definition) is 3. The van der Waals surface area contributed by atoms with E-state index >= 15 is 0 Å². The normalized spacial score (nSPS) is 10.1. The minimum atomic E-state index is -0.184. The van der Waals surface area contributed by atoms with Gasteiger partial charge in [0.15, 0.2) is 0 Å². The minimum Gasteiger partial charge on any atom is -0.384 e. The second-order valence-corrected chi connectivity index (χ2v) is 4.24. The highest BCUT2D eigenvalue weighted by molar-refractivity contribution is 6.04. The van der Waals surface area contributed by atoms with Crippen molar-refractivity contribution in [1.82, 2.24) is 4.98 Å². The van der Waals surface area contributed by atoms with Gasteiger partial charge in [0, 0.05) is 11.9 Å². The van der Waals surface area contributed by atoms with Gasteiger partial charge in [-0.05, 0) is 43.2 Å². The molecule has 0 atom stereocenters. The summed E-state index contributed by atoms with van der Waals surface area (Å²) in [5, 5.41) is 2.87. The third-order valence-electron chi connectivity index (χ3n) is 2.69. The Labute approximate surface area is 106 Å². The van der Waals surface area contributed by atoms with Crippen LogP contribution in [0.2, 0.25) is 0 Å². The zero-order valence-electron chi connectivity index (χ0n) is 10.4. The van der Waals surface area contributed by atoms with Gasteiger partial charge in [-0.1, -0.05) is 12.1 Å². The van der Waals surface area contributed by atoms with Crippen molar-refractivity contribution >= 4 is 17.4 Å². The van der Waals surface area contributed by atoms with E-state index in [0.29, 0.717) is 11.4 Å². The monoisotopic (exact) mass is 241 g/mol. The lowest BCUT2D eigenvalue weighted by atomic mass is 10.1. The number of anilines is 2. The van der Waals surface area contributed by atoms with Crippen molar-refractivity contribution in [1.29, 1.82) is 0 Å². The molecule has 1 aromatic heterocycles. The number of aryl methyl sites for hydroxylation is 2. The molecule has 0 unspecified atom stereocenters. The topological polar surface area (TPSA) is 68.0 Å². The molecule has 1 heterocycles. The minimum absolute atomic E-state index is 0.184. The van der Waals surface area contributed by atoms with Crippen molar-refractivity contribution in [3.8, 4) is 0 Å². The molecule has 92 valence electrons. The summed E-state index contributed by atoms with van der Waals surface area (Å²) in [7, 11) is 0. The molecule has 1 aromatic carbocycles. The summed E-state index contributed by atoms with van der Waals surface area (Å²) < 4.78 is 0. The molecule has 0 aliphatic carbocycles. The third kappa shape index (κ3) is 2.66. The smallest absolute Gasteiger partial charge is 0.257 e. The Morgan fingerprint density at radius 2 is 2.00 bits per heavy atom. The summed E-state index contributed by atoms with van der Waals surface area (Å²) in [5.74, 6) is 0.217. The lowest BCUT2D eigenvalue weighted by Gasteiger charge is -2.09. The largest absolute Gasteiger partial charge is 0.384 e. The zero-order chi connectivity index (χ0) is 13.1. The molecule has 3 N–H and O–H groups in total. The molecule has 2 aromatic rings. The van der Waals surface area contributed by atoms with Crippen LogP contribution >= 0.6 is 0 Å². The lowest BCUT2D eigenvalue weighted by Crippen LogP contribution is -2.13. The van der Waals surface area contributed by atoms with Crippen LogP contribution in [-0.2, 0) is 0 Å². The second kappa shape index (κ2) is 4.87. The molecule has 1 amide bonds. The van der Waals surface area contributed by atoms with E-state index in [2.05, 4.69) is 10.3 Å². The Morgan fingerprint density at radius 1 is 1.22 bits per heavy atom. The highest BCUT2D eigenvalue weighted by Gasteiger charge is 2.08. The van der Waals surface area contributed by atoms with Gasteiger partial charge in [-0.25, -0.2) is 4.98 Å². The maximum absolute atomic E-state index is 12.0. The number of nitrogens with zero attached hydrogens (tertiary/aromatic N) is 1. The van der Waals surface area contributed by atoms with Gasteiger partial charge in [-0.2, -0.15) is 0 Å². The maximum Gasteiger partial charge on any atom is 0.257 e. The number of benzene rings is 1. The van der Waals surface area contributed by atoms with Crippen LogP contribution < -0.4 is 11.1 Å². The number of carbonyl (C=O) groups is 1. The van der Waals surface area contributed by atoms with Gasteiger partial charge >= 0.3 is 0 Å². The first-order valence-electron chi connectivity index (χ1n) is 5.66. The first kappa shape index (κ1) is 12.1. The van der Waals surface area contributed by atoms with E-state index in [-0.39, 0.29) is 5.91 Å². The van der Waals surface area contributed by atoms with Crippen LogP contribution in [0.1, 0.15) is 21.5 Å². The van der Waals surface area contributed by atoms with Gasteiger partial charge in [-0.15, -0.1) is 0 Å². The molecule has 0 radical (unpaired) electrons. The SMILES string of the molecule is Cc1ccc(C)c(NC(=O)c2ccc(N)nc2)c1. The van der Waals surface area contributed by atoms with E-state index in [4.69, 9.17) is 5.73 Å². The number of nitrogens with one attached hydrogen (secondary N) is 1. The molecule has 0 aliphatic heterocycles. The van der Waals surface area contributed by atoms with E-state index in [1.54, 1.807) is 12.1 Å². The summed E-state index contributed by atoms with van der Waals surface area (Å²) in [6.45, 7) is 3.94. The standard InChI is InChI=1S/C14H15N3O/c1-9-3-4-10(2)12(7-9)17-14(18)11-5-6-13(15)16-8-11/h3-8H,1-2H3,(H2,15,16)(H,17,18). The van der Waals surface area contributed by atoms with Crippen molar-refractivity contribution in [2.75, 3.05) is 11.1 Å². The molecular formula is C14H15N3O. The number of pyridine rings is 1. The summed E-state index contributed by atoms with van der Waals surface area (Å²) >= 11 is 0. The van der Waals surface area contributed by atoms with Crippen molar-refractivity contribution < 1.29 is 4.79 Å². The van der Waals surface area contributed by atoms with Crippen LogP contribution in [0, 0.1) is 13.8 Å². The highest BCUT2D eigenvalue weighted by atomic mass is 16.1. The fourth-order valence-electron chi connectivity index (χ4n) is 1.60. The van der Waals surface area contributed by atoms with Crippen LogP contribution in [0.3, 0.4) is 0 Å². The highest BCUT2D eigenvalue weighted by Crippen LogP contribution is 2.17. The van der Waals surface area contributed by atoms with Gasteiger partial charge in [0.25, 0.3) is 5.91 Å². The van der Waals surface area contributed by atoms with E-state index < -0.39 is 0 Å². The van der Waals surface area contributed by atoms with Gasteiger partial charge in [0.1, 0.15) is 5.82 Å². The van der Waals surface area contributed by atoms with Gasteiger partial charge in [-0.3, -0.25) is 4.79 Å². The predicted octanol–water partition coefficient (Wildman–Crippen LogP) is 2.53. The Kier molecular flexibility index (Phi) is 3.28. The number of carbonyl (C=O) groups excluding carboxylic acids is 1. The van der Waals surface area contributed by atoms with Crippen molar-refractivity contribution in [3.05, 3.63) is 53.2 Å². The van der Waals surface area contributed by atoms with Crippen molar-refractivity contribution in [3.63, 3.8) is 0 Å². The molecule has 0 fully saturated rings. The predicted molar refractivity (Wildman–Crippen MR) is 72.5 cm³/mol. The number of rotatable bonds is 2. The van der Waals surface area contributed by atoms with Crippen molar-refractivity contribution in [2.24, 2.45) is 0 Å². The molecule has 0 saturated carbocycles. The third-order valence-corrected chi connectivity index (χ3v) is 2.69. The van der Waals surface area contributed by atoms with Crippen LogP contribution in [0.5, 0.6) is 0 Å². The summed E-state index contributed by atoms with van der Waals surface area (Å²) in [4.78, 5) is 15.9. The number of amides is 1. The number of nitrogens with two attached hydrogens (primary N) is 1. The number of hydrogen-bond donors (Lipinski definition) is 2. The second-order valence-electron chi connectivity index (χ2n) is 4.24. The average molecular weight is 241 g/mol. The first-order chi connectivity index (χ1) is 8.56. The lowest BCUT2D eigenvalue weighted by molar-refractivity contribution is 0.102. The maximum atomic E-state index is 12.0. The quantitative estimate of drug-likeness (QED) is 0.849. The van der Waals surface area contributed by atoms with Crippen LogP contribution in [0.25, 0.3) is 0 Å². The number of aromatic nitrogens is 1. The van der Waals surface area contributed by atoms with E-state index in [9.17, 15) is 4.79 Å². The number of nitrogen functional groups attached to an aromatic ring is 1. The molecule has 0 spiro atoms. The van der Waals surface area contributed by atoms with Gasteiger partial charge in [0.05, 0.1) is 5.56 Å². The summed E-state index contributed by atoms with van der Waals surface area (Å²) in [6.07, 6.45) is 1.47. The van der Waals surface area contributed by atoms with Crippen LogP contribution in [0.4, 0.5) is 11.5 Å². The molecular weight excluding hydrogens is 226 g/mol. The molecule has 0 bridgehead atoms. The Balaban J connectivity index is 2.21. The zero-order valence-corrected chi connectivity index (χ0v) is 10.4. The fourth-order valence-corrected chi connectivity index (χ4v) is 1.60. The average Bonchev–Trinajstić information content (AvgIpc) is 2.34. The van der Waals surface area contributed by atoms with Crippen molar-refractivity contribution in [2.45, 2.75) is 13.8 Å². The Morgan fingerprint density at radius 3 is 2.67 bits per heavy atom. The van der Waals surface area contributed by atoms with E-state index in [1.165, 1.54) is 6.20 Å². The molecule has 0 saturated heterocycles. The van der Waals surface area contributed by atoms with E-state index in [0.717, 1.165) is 16.8 Å². The molecule has 0 aliphatic rings. The molecule has 2 rings (SSSR count). The van der Waals surface area contributed by atoms with Gasteiger partial charge in [0.2, 0.25) is 0 Å². The van der Waals surface area contributed by atoms with Crippen LogP contribution in [0.15, 0.2) is 36.5 Å². The summed E-state index contributed by atoms with van der Waals surface area (Å²) in [6, 6.07) is 9.20. The molecule has 18 heavy (non-hydrogen) atoms. The molecule has 4 heteroatoms. The molecule has 4 nitrogen and oxygen atoms in total. The first-order valence-corrected chi connectivity index (χ1v) is 5.66. The summed E-state index contributed by atoms with van der Waals surface area (Å²) in [5.41, 5.74) is 8.92. The Bertz CT molecular complexity index is 576. The van der Waals surface area contributed by atoms with Gasteiger partial charge < -0.3 is 11.1 Å². The van der Waals surface area contributed by atoms with Crippen LogP contribution in [-0.4, -0.2) is 10.9 Å².